The van der Waals surface area contributed by atoms with Crippen molar-refractivity contribution in [3.05, 3.63) is 0 Å². The second-order valence-electron chi connectivity index (χ2n) is 31.0. The minimum absolute atomic E-state index is 0.324. The summed E-state index contributed by atoms with van der Waals surface area (Å²) in [5.74, 6) is 16.0. The van der Waals surface area contributed by atoms with Gasteiger partial charge in [-0.1, -0.05) is 210 Å². The molecule has 464 valence electrons. The van der Waals surface area contributed by atoms with Crippen LogP contribution in [0.5, 0.6) is 0 Å². The van der Waals surface area contributed by atoms with Crippen molar-refractivity contribution in [2.45, 2.75) is 357 Å². The van der Waals surface area contributed by atoms with Gasteiger partial charge in [0.2, 0.25) is 0 Å². The highest BCUT2D eigenvalue weighted by molar-refractivity contribution is 5.01. The second-order valence-corrected chi connectivity index (χ2v) is 31.0. The van der Waals surface area contributed by atoms with Gasteiger partial charge in [-0.3, -0.25) is 0 Å². The minimum Gasteiger partial charge on any atom is -0.0651 e. The van der Waals surface area contributed by atoms with Crippen LogP contribution in [-0.4, -0.2) is 0 Å². The first kappa shape index (κ1) is 44.4. The lowest BCUT2D eigenvalue weighted by molar-refractivity contribution is -0.0819. The van der Waals surface area contributed by atoms with Crippen molar-refractivity contribution >= 4 is 0 Å². The zero-order valence-electron chi connectivity index (χ0n) is 72.1. The molecular weight excluding hydrogens is 961 g/mol. The highest BCUT2D eigenvalue weighted by Gasteiger charge is 2.51. The molecule has 0 spiro atoms. The molecule has 16 bridgehead atoms. The third kappa shape index (κ3) is 17.0. The van der Waals surface area contributed by atoms with E-state index in [1.165, 1.54) is 193 Å². The zero-order valence-corrected chi connectivity index (χ0v) is 54.1. The average molecular weight is 1120 g/mol. The number of hydrogen-bond acceptors (Lipinski definition) is 0. The van der Waals surface area contributed by atoms with E-state index in [9.17, 15) is 0 Å². The molecule has 22 aliphatic rings. The maximum atomic E-state index is 7.97. The Morgan fingerprint density at radius 2 is 0.500 bits per heavy atom. The molecule has 0 aromatic carbocycles. The van der Waals surface area contributed by atoms with Gasteiger partial charge in [0.15, 0.2) is 0 Å². The van der Waals surface area contributed by atoms with Crippen LogP contribution in [0.2, 0.25) is 0 Å². The smallest absolute Gasteiger partial charge is 0.0267 e. The molecule has 0 aromatic rings. The standard InChI is InChI=1S/C12H20.C10H18.2C9H16.C9H18.2C8H14.C8H16.C7H12/c1-2-12-10-4-8-3-9(6-10)7-11(12)5-8;1-2-9-7-8-3-5-10(9)6-4-8;1-2-8-5-7-3-4-9(8)6-7;1-2-9-7-3-4-8(9)6-5-7;1-2-9-7-5-3-4-6-8-9;1-2-7-3-6-4-8(7)5-6;1-2-8-6-3-4-7(8)5-6;1-2-8-6-4-3-5-7-8;1-2-7-5-3-6(7)4-5/h8-12H,2-7H2,1H3;8-10H,2-7H2,1H3;2*7-9H,2-6H2,1H3;9H,2-8H2,1H3;2*6-8H,2-5H2,1H3;8H,2-7H2,1H3;5-7H,2-4H2,1H3/i9*2D2. The molecule has 0 aromatic heterocycles. The molecule has 0 aliphatic heterocycles. The van der Waals surface area contributed by atoms with Crippen molar-refractivity contribution in [2.24, 2.45) is 148 Å². The van der Waals surface area contributed by atoms with Crippen molar-refractivity contribution in [1.82, 2.24) is 0 Å². The molecule has 0 N–H and O–H groups in total. The van der Waals surface area contributed by atoms with Gasteiger partial charge in [0, 0.05) is 24.7 Å². The van der Waals surface area contributed by atoms with E-state index in [0.29, 0.717) is 59.2 Å². The largest absolute Gasteiger partial charge is 0.0651 e. The Hall–Kier alpha value is 0. The molecule has 0 heterocycles. The van der Waals surface area contributed by atoms with Gasteiger partial charge in [-0.2, -0.15) is 0 Å². The predicted molar refractivity (Wildman–Crippen MR) is 351 cm³/mol. The van der Waals surface area contributed by atoms with E-state index in [2.05, 4.69) is 0 Å². The summed E-state index contributed by atoms with van der Waals surface area (Å²) in [4.78, 5) is 0. The van der Waals surface area contributed by atoms with Crippen molar-refractivity contribution in [3.8, 4) is 0 Å². The predicted octanol–water partition coefficient (Wildman–Crippen LogP) is 25.6. The van der Waals surface area contributed by atoms with Crippen molar-refractivity contribution in [1.29, 1.82) is 0 Å². The Morgan fingerprint density at radius 3 is 0.775 bits per heavy atom. The Bertz CT molecular complexity index is 2300. The van der Waals surface area contributed by atoms with E-state index in [1.807, 2.05) is 0 Å². The summed E-state index contributed by atoms with van der Waals surface area (Å²) in [7, 11) is 0. The number of hydrogen-bond donors (Lipinski definition) is 0. The fraction of sp³-hybridized carbons (Fsp3) is 1.00. The molecule has 0 amide bonds. The molecule has 0 saturated heterocycles. The summed E-state index contributed by atoms with van der Waals surface area (Å²) in [6.07, 6.45) is 39.0. The van der Waals surface area contributed by atoms with Gasteiger partial charge in [0.1, 0.15) is 0 Å². The second kappa shape index (κ2) is 32.8. The third-order valence-corrected chi connectivity index (χ3v) is 26.8. The van der Waals surface area contributed by atoms with Gasteiger partial charge < -0.3 is 0 Å². The molecule has 7 unspecified atom stereocenters. The monoisotopic (exact) mass is 1120 g/mol. The van der Waals surface area contributed by atoms with Crippen LogP contribution in [0.4, 0.5) is 0 Å². The van der Waals surface area contributed by atoms with Crippen molar-refractivity contribution < 1.29 is 24.7 Å². The number of fused-ring (bicyclic) bond motifs is 9. The highest BCUT2D eigenvalue weighted by Crippen LogP contribution is 2.60. The van der Waals surface area contributed by atoms with Crippen LogP contribution < -0.4 is 0 Å². The minimum atomic E-state index is -0.940. The van der Waals surface area contributed by atoms with Gasteiger partial charge in [-0.15, -0.1) is 0 Å². The molecule has 80 heavy (non-hydrogen) atoms. The van der Waals surface area contributed by atoms with Crippen LogP contribution in [-0.2, 0) is 0 Å². The van der Waals surface area contributed by atoms with Gasteiger partial charge in [-0.25, -0.2) is 0 Å². The van der Waals surface area contributed by atoms with E-state index in [1.54, 1.807) is 62.3 Å². The SMILES string of the molecule is [2H]C([2H])(C)C1C2CC1C2.[2H]C([2H])(C)C1C2CC3CC(C2)CC1C3.[2H]C([2H])(C)C1C2CCC1C2.[2H]C([2H])(C)C1C2CCC1CC2.[2H]C([2H])(C)C1CC2CC1C2.[2H]C([2H])(C)C1CC2CCC1C2.[2H]C([2H])(C)C1CC2CCC1CC2.[2H]C([2H])(C)C1CCCCC1.[2H]C([2H])(C)C1CCCCCC1. The first-order valence-corrected chi connectivity index (χ1v) is 36.2. The number of rotatable bonds is 9. The molecule has 0 radical (unpaired) electrons. The summed E-state index contributed by atoms with van der Waals surface area (Å²) in [5, 5.41) is 0. The maximum Gasteiger partial charge on any atom is 0.0267 e. The Balaban J connectivity index is 0.000000129. The van der Waals surface area contributed by atoms with E-state index in [-0.39, 0.29) is 0 Å². The fourth-order valence-electron chi connectivity index (χ4n) is 21.7. The fourth-order valence-corrected chi connectivity index (χ4v) is 21.7. The first-order chi connectivity index (χ1) is 45.2. The third-order valence-electron chi connectivity index (χ3n) is 26.8. The molecular formula is C80H144. The van der Waals surface area contributed by atoms with Crippen LogP contribution in [0.15, 0.2) is 0 Å². The van der Waals surface area contributed by atoms with Gasteiger partial charge in [0.25, 0.3) is 0 Å². The Kier molecular flexibility index (Phi) is 18.2. The Labute approximate surface area is 528 Å². The molecule has 7 atom stereocenters. The zero-order chi connectivity index (χ0) is 72.1. The van der Waals surface area contributed by atoms with E-state index in [4.69, 9.17) is 24.7 Å². The summed E-state index contributed by atoms with van der Waals surface area (Å²) < 4.78 is 137. The Morgan fingerprint density at radius 1 is 0.200 bits per heavy atom. The molecule has 22 fully saturated rings. The molecule has 22 saturated carbocycles. The van der Waals surface area contributed by atoms with Crippen LogP contribution in [0.3, 0.4) is 0 Å². The molecule has 22 rings (SSSR count). The summed E-state index contributed by atoms with van der Waals surface area (Å²) in [6.45, 7) is 15.7. The summed E-state index contributed by atoms with van der Waals surface area (Å²) >= 11 is 0. The molecule has 0 heteroatoms. The topological polar surface area (TPSA) is 0 Å². The summed E-state index contributed by atoms with van der Waals surface area (Å²) in [6, 6.07) is 0. The van der Waals surface area contributed by atoms with Crippen molar-refractivity contribution in [3.63, 3.8) is 0 Å². The molecule has 22 aliphatic carbocycles. The van der Waals surface area contributed by atoms with Crippen LogP contribution in [0.25, 0.3) is 0 Å². The quantitative estimate of drug-likeness (QED) is 0.202. The van der Waals surface area contributed by atoms with Crippen LogP contribution in [0, 0.1) is 148 Å². The van der Waals surface area contributed by atoms with Gasteiger partial charge in [-0.05, 0) is 296 Å². The average Bonchev–Trinajstić information content (AvgIpc) is 1.27. The lowest BCUT2D eigenvalue weighted by atomic mass is 9.47. The lowest BCUT2D eigenvalue weighted by Crippen LogP contribution is -2.49. The summed E-state index contributed by atoms with van der Waals surface area (Å²) in [5.41, 5.74) is 0. The molecule has 0 nitrogen and oxygen atoms in total. The van der Waals surface area contributed by atoms with E-state index in [0.717, 1.165) is 134 Å². The van der Waals surface area contributed by atoms with Crippen LogP contribution >= 0.6 is 0 Å². The van der Waals surface area contributed by atoms with Gasteiger partial charge >= 0.3 is 0 Å². The maximum absolute atomic E-state index is 7.97. The first-order valence-electron chi connectivity index (χ1n) is 45.2. The van der Waals surface area contributed by atoms with E-state index >= 15 is 0 Å². The van der Waals surface area contributed by atoms with Crippen LogP contribution in [0.1, 0.15) is 382 Å². The highest BCUT2D eigenvalue weighted by atomic mass is 14.6. The normalized spacial score (nSPS) is 50.1. The van der Waals surface area contributed by atoms with Gasteiger partial charge in [0.05, 0.1) is 0 Å². The van der Waals surface area contributed by atoms with Crippen molar-refractivity contribution in [2.75, 3.05) is 0 Å². The van der Waals surface area contributed by atoms with E-state index < -0.39 is 57.4 Å². The lowest BCUT2D eigenvalue weighted by Gasteiger charge is -2.58.